The maximum atomic E-state index is 12.9. The SMILES string of the molecule is Cc1[nH]c2ccccc2c1C(=O)C(=O)Nc1ncccc1OCC1CCCCC1. The number of ketones is 1. The number of para-hydroxylation sites is 1. The van der Waals surface area contributed by atoms with Crippen LogP contribution in [0.15, 0.2) is 42.6 Å². The molecule has 1 saturated carbocycles. The molecule has 6 heteroatoms. The molecule has 6 nitrogen and oxygen atoms in total. The average molecular weight is 391 g/mol. The number of Topliss-reactive ketones (excluding diaryl/α,β-unsaturated/α-hetero) is 1. The lowest BCUT2D eigenvalue weighted by Crippen LogP contribution is -2.24. The average Bonchev–Trinajstić information content (AvgIpc) is 3.09. The van der Waals surface area contributed by atoms with Crippen LogP contribution in [0.3, 0.4) is 0 Å². The van der Waals surface area contributed by atoms with Crippen molar-refractivity contribution in [3.63, 3.8) is 0 Å². The van der Waals surface area contributed by atoms with E-state index >= 15 is 0 Å². The van der Waals surface area contributed by atoms with Crippen LogP contribution in [0.4, 0.5) is 5.82 Å². The number of amides is 1. The van der Waals surface area contributed by atoms with Gasteiger partial charge >= 0.3 is 0 Å². The van der Waals surface area contributed by atoms with Gasteiger partial charge < -0.3 is 15.0 Å². The predicted molar refractivity (Wildman–Crippen MR) is 112 cm³/mol. The molecule has 0 aliphatic heterocycles. The van der Waals surface area contributed by atoms with Crippen molar-refractivity contribution in [2.75, 3.05) is 11.9 Å². The summed E-state index contributed by atoms with van der Waals surface area (Å²) >= 11 is 0. The summed E-state index contributed by atoms with van der Waals surface area (Å²) in [4.78, 5) is 32.9. The molecule has 1 aliphatic carbocycles. The number of aryl methyl sites for hydroxylation is 1. The first-order valence-electron chi connectivity index (χ1n) is 10.1. The van der Waals surface area contributed by atoms with Gasteiger partial charge in [0.15, 0.2) is 11.6 Å². The van der Waals surface area contributed by atoms with Gasteiger partial charge in [-0.05, 0) is 43.9 Å². The van der Waals surface area contributed by atoms with Gasteiger partial charge in [0.25, 0.3) is 11.7 Å². The molecule has 4 rings (SSSR count). The number of nitrogens with one attached hydrogen (secondary N) is 2. The number of fused-ring (bicyclic) bond motifs is 1. The molecular weight excluding hydrogens is 366 g/mol. The predicted octanol–water partition coefficient (Wildman–Crippen LogP) is 4.65. The second kappa shape index (κ2) is 8.47. The van der Waals surface area contributed by atoms with Gasteiger partial charge in [0, 0.05) is 22.8 Å². The molecule has 2 N–H and O–H groups in total. The Morgan fingerprint density at radius 3 is 2.76 bits per heavy atom. The largest absolute Gasteiger partial charge is 0.489 e. The first-order valence-corrected chi connectivity index (χ1v) is 10.1. The summed E-state index contributed by atoms with van der Waals surface area (Å²) in [5, 5.41) is 3.38. The number of aromatic nitrogens is 2. The number of pyridine rings is 1. The fraction of sp³-hybridized carbons (Fsp3) is 0.348. The molecule has 0 atom stereocenters. The van der Waals surface area contributed by atoms with Gasteiger partial charge in [-0.3, -0.25) is 9.59 Å². The van der Waals surface area contributed by atoms with E-state index < -0.39 is 11.7 Å². The zero-order valence-corrected chi connectivity index (χ0v) is 16.5. The molecule has 29 heavy (non-hydrogen) atoms. The van der Waals surface area contributed by atoms with Crippen molar-refractivity contribution in [2.24, 2.45) is 5.92 Å². The summed E-state index contributed by atoms with van der Waals surface area (Å²) in [6.07, 6.45) is 7.68. The molecule has 0 saturated heterocycles. The number of nitrogens with zero attached hydrogens (tertiary/aromatic N) is 1. The van der Waals surface area contributed by atoms with E-state index in [1.165, 1.54) is 32.1 Å². The summed E-state index contributed by atoms with van der Waals surface area (Å²) in [5.41, 5.74) is 1.88. The summed E-state index contributed by atoms with van der Waals surface area (Å²) in [7, 11) is 0. The Morgan fingerprint density at radius 1 is 1.14 bits per heavy atom. The third kappa shape index (κ3) is 4.16. The van der Waals surface area contributed by atoms with Gasteiger partial charge in [-0.15, -0.1) is 0 Å². The molecule has 0 unspecified atom stereocenters. The number of hydrogen-bond donors (Lipinski definition) is 2. The van der Waals surface area contributed by atoms with E-state index in [1.807, 2.05) is 24.3 Å². The van der Waals surface area contributed by atoms with E-state index in [1.54, 1.807) is 25.3 Å². The van der Waals surface area contributed by atoms with Crippen LogP contribution >= 0.6 is 0 Å². The minimum atomic E-state index is -0.723. The second-order valence-electron chi connectivity index (χ2n) is 7.62. The molecule has 1 aromatic carbocycles. The Morgan fingerprint density at radius 2 is 1.93 bits per heavy atom. The highest BCUT2D eigenvalue weighted by atomic mass is 16.5. The van der Waals surface area contributed by atoms with Crippen LogP contribution in [-0.4, -0.2) is 28.3 Å². The highest BCUT2D eigenvalue weighted by molar-refractivity contribution is 6.48. The number of ether oxygens (including phenoxy) is 1. The van der Waals surface area contributed by atoms with Crippen LogP contribution in [0.5, 0.6) is 5.75 Å². The number of anilines is 1. The Bertz CT molecular complexity index is 1030. The maximum absolute atomic E-state index is 12.9. The molecule has 2 heterocycles. The summed E-state index contributed by atoms with van der Waals surface area (Å²) in [5.74, 6) is -0.0139. The van der Waals surface area contributed by atoms with Crippen LogP contribution in [0.2, 0.25) is 0 Å². The van der Waals surface area contributed by atoms with Gasteiger partial charge in [0.05, 0.1) is 12.2 Å². The number of hydrogen-bond acceptors (Lipinski definition) is 4. The lowest BCUT2D eigenvalue weighted by molar-refractivity contribution is -0.112. The monoisotopic (exact) mass is 391 g/mol. The van der Waals surface area contributed by atoms with Gasteiger partial charge in [-0.25, -0.2) is 4.98 Å². The first kappa shape index (κ1) is 19.2. The molecule has 0 spiro atoms. The van der Waals surface area contributed by atoms with Gasteiger partial charge in [0.2, 0.25) is 0 Å². The van der Waals surface area contributed by atoms with Crippen LogP contribution in [0.1, 0.15) is 48.2 Å². The zero-order valence-electron chi connectivity index (χ0n) is 16.5. The van der Waals surface area contributed by atoms with E-state index in [0.29, 0.717) is 29.5 Å². The van der Waals surface area contributed by atoms with Crippen LogP contribution in [0.25, 0.3) is 10.9 Å². The van der Waals surface area contributed by atoms with E-state index in [9.17, 15) is 9.59 Å². The van der Waals surface area contributed by atoms with Crippen molar-refractivity contribution in [1.82, 2.24) is 9.97 Å². The van der Waals surface area contributed by atoms with Gasteiger partial charge in [0.1, 0.15) is 0 Å². The highest BCUT2D eigenvalue weighted by Crippen LogP contribution is 2.28. The van der Waals surface area contributed by atoms with Gasteiger partial charge in [-0.2, -0.15) is 0 Å². The van der Waals surface area contributed by atoms with Crippen molar-refractivity contribution < 1.29 is 14.3 Å². The fourth-order valence-corrected chi connectivity index (χ4v) is 4.01. The van der Waals surface area contributed by atoms with Crippen molar-refractivity contribution in [3.8, 4) is 5.75 Å². The molecule has 150 valence electrons. The lowest BCUT2D eigenvalue weighted by Gasteiger charge is -2.22. The quantitative estimate of drug-likeness (QED) is 0.473. The number of aromatic amines is 1. The molecule has 0 radical (unpaired) electrons. The summed E-state index contributed by atoms with van der Waals surface area (Å²) < 4.78 is 5.95. The highest BCUT2D eigenvalue weighted by Gasteiger charge is 2.24. The normalized spacial score (nSPS) is 14.7. The Kier molecular flexibility index (Phi) is 5.60. The Balaban J connectivity index is 1.49. The molecular formula is C23H25N3O3. The van der Waals surface area contributed by atoms with E-state index in [4.69, 9.17) is 4.74 Å². The van der Waals surface area contributed by atoms with E-state index in [0.717, 1.165) is 10.9 Å². The third-order valence-electron chi connectivity index (χ3n) is 5.53. The molecule has 1 amide bonds. The summed E-state index contributed by atoms with van der Waals surface area (Å²) in [6.45, 7) is 2.39. The molecule has 2 aromatic heterocycles. The molecule has 1 aliphatic rings. The number of H-pyrrole nitrogens is 1. The third-order valence-corrected chi connectivity index (χ3v) is 5.53. The van der Waals surface area contributed by atoms with Crippen molar-refractivity contribution in [3.05, 3.63) is 53.9 Å². The second-order valence-corrected chi connectivity index (χ2v) is 7.62. The van der Waals surface area contributed by atoms with Crippen LogP contribution < -0.4 is 10.1 Å². The summed E-state index contributed by atoms with van der Waals surface area (Å²) in [6, 6.07) is 11.0. The van der Waals surface area contributed by atoms with Crippen molar-refractivity contribution in [2.45, 2.75) is 39.0 Å². The number of carbonyl (C=O) groups excluding carboxylic acids is 2. The van der Waals surface area contributed by atoms with Crippen LogP contribution in [-0.2, 0) is 4.79 Å². The van der Waals surface area contributed by atoms with E-state index in [-0.39, 0.29) is 5.82 Å². The van der Waals surface area contributed by atoms with Crippen LogP contribution in [0, 0.1) is 12.8 Å². The maximum Gasteiger partial charge on any atom is 0.298 e. The molecule has 3 aromatic rings. The minimum Gasteiger partial charge on any atom is -0.489 e. The van der Waals surface area contributed by atoms with E-state index in [2.05, 4.69) is 15.3 Å². The smallest absolute Gasteiger partial charge is 0.298 e. The number of rotatable bonds is 6. The standard InChI is InChI=1S/C23H25N3O3/c1-15-20(17-10-5-6-11-18(17)25-15)21(27)23(28)26-22-19(12-7-13-24-22)29-14-16-8-3-2-4-9-16/h5-7,10-13,16,25H,2-4,8-9,14H2,1H3,(H,24,26,28). The number of benzene rings is 1. The topological polar surface area (TPSA) is 84.1 Å². The Labute approximate surface area is 169 Å². The van der Waals surface area contributed by atoms with Gasteiger partial charge in [-0.1, -0.05) is 37.5 Å². The fourth-order valence-electron chi connectivity index (χ4n) is 4.01. The lowest BCUT2D eigenvalue weighted by atomic mass is 9.90. The Hall–Kier alpha value is -3.15. The van der Waals surface area contributed by atoms with Crippen molar-refractivity contribution in [1.29, 1.82) is 0 Å². The number of carbonyl (C=O) groups is 2. The first-order chi connectivity index (χ1) is 14.1. The molecule has 1 fully saturated rings. The van der Waals surface area contributed by atoms with Crippen molar-refractivity contribution >= 4 is 28.4 Å². The molecule has 0 bridgehead atoms. The minimum absolute atomic E-state index is 0.277. The zero-order chi connectivity index (χ0) is 20.2.